The van der Waals surface area contributed by atoms with Gasteiger partial charge < -0.3 is 9.64 Å². The maximum absolute atomic E-state index is 6.03. The van der Waals surface area contributed by atoms with Gasteiger partial charge in [-0.15, -0.1) is 0 Å². The number of rotatable bonds is 4. The Morgan fingerprint density at radius 1 is 1.28 bits per heavy atom. The zero-order valence-electron chi connectivity index (χ0n) is 14.7. The van der Waals surface area contributed by atoms with Gasteiger partial charge in [0.1, 0.15) is 11.9 Å². The molecule has 3 aromatic rings. The maximum atomic E-state index is 6.03. The molecule has 4 rings (SSSR count). The van der Waals surface area contributed by atoms with Crippen LogP contribution in [-0.2, 0) is 13.5 Å². The summed E-state index contributed by atoms with van der Waals surface area (Å²) in [6, 6.07) is 10.1. The average Bonchev–Trinajstić information content (AvgIpc) is 3.16. The van der Waals surface area contributed by atoms with E-state index in [1.807, 2.05) is 50.3 Å². The van der Waals surface area contributed by atoms with E-state index < -0.39 is 0 Å². The Bertz CT molecular complexity index is 879. The molecule has 0 bridgehead atoms. The van der Waals surface area contributed by atoms with Gasteiger partial charge in [0.2, 0.25) is 5.95 Å². The van der Waals surface area contributed by atoms with Crippen molar-refractivity contribution < 1.29 is 4.74 Å². The zero-order valence-corrected chi connectivity index (χ0v) is 14.7. The minimum absolute atomic E-state index is 0.120. The average molecular weight is 335 g/mol. The van der Waals surface area contributed by atoms with E-state index in [1.54, 1.807) is 10.9 Å². The minimum Gasteiger partial charge on any atom is -0.488 e. The van der Waals surface area contributed by atoms with E-state index in [1.165, 1.54) is 5.56 Å². The molecule has 0 saturated carbocycles. The summed E-state index contributed by atoms with van der Waals surface area (Å²) in [5, 5.41) is 4.39. The van der Waals surface area contributed by atoms with E-state index in [0.717, 1.165) is 35.7 Å². The number of benzene rings is 1. The lowest BCUT2D eigenvalue weighted by Crippen LogP contribution is -2.33. The molecule has 0 amide bonds. The predicted molar refractivity (Wildman–Crippen MR) is 96.8 cm³/mol. The lowest BCUT2D eigenvalue weighted by Gasteiger charge is -2.21. The summed E-state index contributed by atoms with van der Waals surface area (Å²) in [6.07, 6.45) is 4.82. The van der Waals surface area contributed by atoms with Crippen molar-refractivity contribution in [2.45, 2.75) is 19.4 Å². The quantitative estimate of drug-likeness (QED) is 0.734. The van der Waals surface area contributed by atoms with Crippen LogP contribution >= 0.6 is 0 Å². The second kappa shape index (κ2) is 6.20. The molecule has 25 heavy (non-hydrogen) atoms. The first-order chi connectivity index (χ1) is 12.1. The number of aryl methyl sites for hydroxylation is 2. The number of aromatic nitrogens is 4. The molecule has 1 aromatic carbocycles. The number of likely N-dealkylation sites (N-methyl/N-ethyl adjacent to an activating group) is 1. The molecule has 0 aliphatic carbocycles. The van der Waals surface area contributed by atoms with Crippen LogP contribution in [-0.4, -0.2) is 39.4 Å². The molecule has 0 radical (unpaired) electrons. The van der Waals surface area contributed by atoms with Crippen LogP contribution < -0.4 is 9.64 Å². The Morgan fingerprint density at radius 2 is 2.12 bits per heavy atom. The SMILES string of the molecule is Cc1nn(C)cc1-c1ccnc(N(C)CC2Cc3ccccc3O2)n1. The largest absolute Gasteiger partial charge is 0.488 e. The molecule has 6 heteroatoms. The van der Waals surface area contributed by atoms with Crippen LogP contribution in [0, 0.1) is 6.92 Å². The van der Waals surface area contributed by atoms with Gasteiger partial charge in [-0.05, 0) is 24.6 Å². The third-order valence-electron chi connectivity index (χ3n) is 4.47. The fourth-order valence-corrected chi connectivity index (χ4v) is 3.28. The van der Waals surface area contributed by atoms with Crippen LogP contribution in [0.3, 0.4) is 0 Å². The Kier molecular flexibility index (Phi) is 3.87. The van der Waals surface area contributed by atoms with Crippen molar-refractivity contribution in [3.63, 3.8) is 0 Å². The molecule has 128 valence electrons. The highest BCUT2D eigenvalue weighted by atomic mass is 16.5. The second-order valence-corrected chi connectivity index (χ2v) is 6.48. The van der Waals surface area contributed by atoms with Crippen molar-refractivity contribution in [1.29, 1.82) is 0 Å². The van der Waals surface area contributed by atoms with E-state index >= 15 is 0 Å². The smallest absolute Gasteiger partial charge is 0.225 e. The molecule has 0 N–H and O–H groups in total. The Morgan fingerprint density at radius 3 is 2.88 bits per heavy atom. The first-order valence-electron chi connectivity index (χ1n) is 8.39. The molecular formula is C19H21N5O. The number of nitrogens with zero attached hydrogens (tertiary/aromatic N) is 5. The highest BCUT2D eigenvalue weighted by Gasteiger charge is 2.24. The topological polar surface area (TPSA) is 56.1 Å². The van der Waals surface area contributed by atoms with Gasteiger partial charge in [0, 0.05) is 38.5 Å². The van der Waals surface area contributed by atoms with E-state index in [4.69, 9.17) is 9.72 Å². The Hall–Kier alpha value is -2.89. The molecule has 1 atom stereocenters. The van der Waals surface area contributed by atoms with Gasteiger partial charge in [-0.2, -0.15) is 5.10 Å². The second-order valence-electron chi connectivity index (χ2n) is 6.48. The molecule has 1 aliphatic heterocycles. The molecule has 6 nitrogen and oxygen atoms in total. The first-order valence-corrected chi connectivity index (χ1v) is 8.39. The van der Waals surface area contributed by atoms with Crippen LogP contribution in [0.5, 0.6) is 5.75 Å². The monoisotopic (exact) mass is 335 g/mol. The number of hydrogen-bond acceptors (Lipinski definition) is 5. The predicted octanol–water partition coefficient (Wildman–Crippen LogP) is 2.63. The van der Waals surface area contributed by atoms with Gasteiger partial charge in [-0.1, -0.05) is 18.2 Å². The lowest BCUT2D eigenvalue weighted by atomic mass is 10.1. The van der Waals surface area contributed by atoms with Crippen molar-refractivity contribution in [2.24, 2.45) is 7.05 Å². The third-order valence-corrected chi connectivity index (χ3v) is 4.47. The fraction of sp³-hybridized carbons (Fsp3) is 0.316. The molecule has 0 fully saturated rings. The fourth-order valence-electron chi connectivity index (χ4n) is 3.28. The molecule has 0 saturated heterocycles. The van der Waals surface area contributed by atoms with Crippen molar-refractivity contribution in [3.05, 3.63) is 54.0 Å². The van der Waals surface area contributed by atoms with Crippen LogP contribution in [0.1, 0.15) is 11.3 Å². The summed E-state index contributed by atoms with van der Waals surface area (Å²) < 4.78 is 7.83. The highest BCUT2D eigenvalue weighted by molar-refractivity contribution is 5.61. The van der Waals surface area contributed by atoms with E-state index in [9.17, 15) is 0 Å². The summed E-state index contributed by atoms with van der Waals surface area (Å²) >= 11 is 0. The molecular weight excluding hydrogens is 314 g/mol. The molecule has 1 unspecified atom stereocenters. The van der Waals surface area contributed by atoms with Gasteiger partial charge in [0.25, 0.3) is 0 Å². The molecule has 3 heterocycles. The molecule has 2 aromatic heterocycles. The van der Waals surface area contributed by atoms with Gasteiger partial charge in [-0.3, -0.25) is 4.68 Å². The van der Waals surface area contributed by atoms with Crippen molar-refractivity contribution in [2.75, 3.05) is 18.5 Å². The first kappa shape index (κ1) is 15.6. The van der Waals surface area contributed by atoms with Crippen molar-refractivity contribution in [1.82, 2.24) is 19.7 Å². The number of fused-ring (bicyclic) bond motifs is 1. The summed E-state index contributed by atoms with van der Waals surface area (Å²) in [7, 11) is 3.92. The van der Waals surface area contributed by atoms with Gasteiger partial charge in [0.15, 0.2) is 0 Å². The number of anilines is 1. The van der Waals surface area contributed by atoms with Gasteiger partial charge >= 0.3 is 0 Å². The summed E-state index contributed by atoms with van der Waals surface area (Å²) in [4.78, 5) is 11.2. The third kappa shape index (κ3) is 3.07. The van der Waals surface area contributed by atoms with Gasteiger partial charge in [-0.25, -0.2) is 9.97 Å². The standard InChI is InChI=1S/C19H21N5O/c1-13-16(12-24(3)22-13)17-8-9-20-19(21-17)23(2)11-15-10-14-6-4-5-7-18(14)25-15/h4-9,12,15H,10-11H2,1-3H3. The van der Waals surface area contributed by atoms with Crippen LogP contribution in [0.15, 0.2) is 42.7 Å². The number of ether oxygens (including phenoxy) is 1. The van der Waals surface area contributed by atoms with E-state index in [0.29, 0.717) is 5.95 Å². The minimum atomic E-state index is 0.120. The lowest BCUT2D eigenvalue weighted by molar-refractivity contribution is 0.238. The van der Waals surface area contributed by atoms with Crippen LogP contribution in [0.2, 0.25) is 0 Å². The summed E-state index contributed by atoms with van der Waals surface area (Å²) in [5.74, 6) is 1.68. The Labute approximate surface area is 147 Å². The number of para-hydroxylation sites is 1. The van der Waals surface area contributed by atoms with Crippen molar-refractivity contribution in [3.8, 4) is 17.0 Å². The number of hydrogen-bond donors (Lipinski definition) is 0. The highest BCUT2D eigenvalue weighted by Crippen LogP contribution is 2.29. The molecule has 0 spiro atoms. The van der Waals surface area contributed by atoms with E-state index in [-0.39, 0.29) is 6.10 Å². The molecule has 1 aliphatic rings. The van der Waals surface area contributed by atoms with Crippen molar-refractivity contribution >= 4 is 5.95 Å². The van der Waals surface area contributed by atoms with E-state index in [2.05, 4.69) is 22.2 Å². The maximum Gasteiger partial charge on any atom is 0.225 e. The zero-order chi connectivity index (χ0) is 17.4. The van der Waals surface area contributed by atoms with Gasteiger partial charge in [0.05, 0.1) is 17.9 Å². The van der Waals surface area contributed by atoms with Crippen LogP contribution in [0.4, 0.5) is 5.95 Å². The summed E-state index contributed by atoms with van der Waals surface area (Å²) in [6.45, 7) is 2.73. The Balaban J connectivity index is 1.51. The summed E-state index contributed by atoms with van der Waals surface area (Å²) in [5.41, 5.74) is 4.15. The van der Waals surface area contributed by atoms with Crippen LogP contribution in [0.25, 0.3) is 11.3 Å². The normalized spacial score (nSPS) is 15.7.